The lowest BCUT2D eigenvalue weighted by Gasteiger charge is -2.15. The van der Waals surface area contributed by atoms with Crippen molar-refractivity contribution in [1.29, 1.82) is 0 Å². The molecule has 0 aromatic heterocycles. The van der Waals surface area contributed by atoms with Crippen LogP contribution < -0.4 is 14.8 Å². The molecule has 0 saturated heterocycles. The predicted octanol–water partition coefficient (Wildman–Crippen LogP) is 6.11. The molecule has 0 saturated carbocycles. The summed E-state index contributed by atoms with van der Waals surface area (Å²) in [7, 11) is 1.52. The fourth-order valence-corrected chi connectivity index (χ4v) is 3.12. The van der Waals surface area contributed by atoms with Crippen LogP contribution in [0.3, 0.4) is 0 Å². The number of carbonyl (C=O) groups is 1. The molecule has 4 nitrogen and oxygen atoms in total. The zero-order chi connectivity index (χ0) is 21.0. The van der Waals surface area contributed by atoms with Crippen molar-refractivity contribution in [2.75, 3.05) is 12.4 Å². The van der Waals surface area contributed by atoms with E-state index in [-0.39, 0.29) is 5.91 Å². The average molecular weight is 410 g/mol. The maximum atomic E-state index is 12.7. The summed E-state index contributed by atoms with van der Waals surface area (Å²) in [6.45, 7) is 6.42. The minimum Gasteiger partial charge on any atom is -0.493 e. The largest absolute Gasteiger partial charge is 0.493 e. The van der Waals surface area contributed by atoms with Crippen LogP contribution in [0.15, 0.2) is 54.6 Å². The molecule has 0 aliphatic heterocycles. The SMILES string of the molecule is COc1cc(C(=O)Nc2ccc(C)c(C)c2)cc(Cl)c1OCc1ccc(C)cc1. The van der Waals surface area contributed by atoms with Gasteiger partial charge in [0.05, 0.1) is 12.1 Å². The van der Waals surface area contributed by atoms with E-state index in [1.54, 1.807) is 12.1 Å². The smallest absolute Gasteiger partial charge is 0.255 e. The van der Waals surface area contributed by atoms with E-state index in [0.29, 0.717) is 28.7 Å². The van der Waals surface area contributed by atoms with E-state index in [2.05, 4.69) is 5.32 Å². The molecule has 0 radical (unpaired) electrons. The second-order valence-corrected chi connectivity index (χ2v) is 7.42. The minimum absolute atomic E-state index is 0.265. The molecular weight excluding hydrogens is 386 g/mol. The Morgan fingerprint density at radius 3 is 2.34 bits per heavy atom. The van der Waals surface area contributed by atoms with Crippen LogP contribution in [-0.2, 0) is 6.61 Å². The quantitative estimate of drug-likeness (QED) is 0.534. The highest BCUT2D eigenvalue weighted by molar-refractivity contribution is 6.32. The van der Waals surface area contributed by atoms with Crippen LogP contribution in [0.2, 0.25) is 5.02 Å². The Balaban J connectivity index is 1.78. The van der Waals surface area contributed by atoms with Gasteiger partial charge in [-0.1, -0.05) is 47.5 Å². The predicted molar refractivity (Wildman–Crippen MR) is 117 cm³/mol. The van der Waals surface area contributed by atoms with Crippen LogP contribution in [0.1, 0.15) is 32.6 Å². The zero-order valence-corrected chi connectivity index (χ0v) is 17.8. The number of carbonyl (C=O) groups excluding carboxylic acids is 1. The third-order valence-corrected chi connectivity index (χ3v) is 5.04. The number of aryl methyl sites for hydroxylation is 3. The zero-order valence-electron chi connectivity index (χ0n) is 17.0. The molecule has 1 N–H and O–H groups in total. The summed E-state index contributed by atoms with van der Waals surface area (Å²) in [5.41, 5.74) is 5.61. The van der Waals surface area contributed by atoms with Gasteiger partial charge in [0.25, 0.3) is 5.91 Å². The maximum Gasteiger partial charge on any atom is 0.255 e. The lowest BCUT2D eigenvalue weighted by Crippen LogP contribution is -2.12. The van der Waals surface area contributed by atoms with E-state index in [1.807, 2.05) is 63.2 Å². The van der Waals surface area contributed by atoms with Crippen molar-refractivity contribution in [3.8, 4) is 11.5 Å². The van der Waals surface area contributed by atoms with Crippen molar-refractivity contribution in [3.05, 3.63) is 87.4 Å². The van der Waals surface area contributed by atoms with E-state index in [0.717, 1.165) is 16.8 Å². The number of hydrogen-bond donors (Lipinski definition) is 1. The number of anilines is 1. The van der Waals surface area contributed by atoms with E-state index >= 15 is 0 Å². The van der Waals surface area contributed by atoms with E-state index < -0.39 is 0 Å². The molecule has 0 aliphatic carbocycles. The summed E-state index contributed by atoms with van der Waals surface area (Å²) in [6, 6.07) is 17.1. The number of methoxy groups -OCH3 is 1. The first kappa shape index (κ1) is 20.7. The van der Waals surface area contributed by atoms with E-state index in [9.17, 15) is 4.79 Å². The summed E-state index contributed by atoms with van der Waals surface area (Å²) in [5, 5.41) is 3.21. The molecule has 0 bridgehead atoms. The second kappa shape index (κ2) is 9.01. The number of benzene rings is 3. The van der Waals surface area contributed by atoms with E-state index in [4.69, 9.17) is 21.1 Å². The Bertz CT molecular complexity index is 1030. The lowest BCUT2D eigenvalue weighted by molar-refractivity contribution is 0.102. The Hall–Kier alpha value is -2.98. The fourth-order valence-electron chi connectivity index (χ4n) is 2.85. The van der Waals surface area contributed by atoms with Gasteiger partial charge in [0.2, 0.25) is 0 Å². The molecule has 0 aliphatic rings. The van der Waals surface area contributed by atoms with Crippen molar-refractivity contribution in [1.82, 2.24) is 0 Å². The molecule has 29 heavy (non-hydrogen) atoms. The van der Waals surface area contributed by atoms with Crippen molar-refractivity contribution in [2.24, 2.45) is 0 Å². The van der Waals surface area contributed by atoms with Gasteiger partial charge < -0.3 is 14.8 Å². The summed E-state index contributed by atoms with van der Waals surface area (Å²) < 4.78 is 11.3. The average Bonchev–Trinajstić information content (AvgIpc) is 2.70. The Morgan fingerprint density at radius 2 is 1.69 bits per heavy atom. The molecule has 0 fully saturated rings. The molecule has 0 spiro atoms. The highest BCUT2D eigenvalue weighted by Gasteiger charge is 2.16. The number of halogens is 1. The molecule has 0 heterocycles. The van der Waals surface area contributed by atoms with Gasteiger partial charge in [0.1, 0.15) is 6.61 Å². The van der Waals surface area contributed by atoms with Crippen LogP contribution in [0, 0.1) is 20.8 Å². The second-order valence-electron chi connectivity index (χ2n) is 7.02. The van der Waals surface area contributed by atoms with Crippen LogP contribution in [-0.4, -0.2) is 13.0 Å². The first-order valence-electron chi connectivity index (χ1n) is 9.32. The van der Waals surface area contributed by atoms with Crippen LogP contribution in [0.4, 0.5) is 5.69 Å². The first-order chi connectivity index (χ1) is 13.9. The van der Waals surface area contributed by atoms with Crippen molar-refractivity contribution < 1.29 is 14.3 Å². The van der Waals surface area contributed by atoms with Gasteiger partial charge in [-0.15, -0.1) is 0 Å². The maximum absolute atomic E-state index is 12.7. The highest BCUT2D eigenvalue weighted by Crippen LogP contribution is 2.37. The standard InChI is InChI=1S/C24H24ClNO3/c1-15-5-8-18(9-6-15)14-29-23-21(25)12-19(13-22(23)28-4)24(27)26-20-10-7-16(2)17(3)11-20/h5-13H,14H2,1-4H3,(H,26,27). The molecule has 0 atom stereocenters. The lowest BCUT2D eigenvalue weighted by atomic mass is 10.1. The third kappa shape index (κ3) is 5.09. The van der Waals surface area contributed by atoms with E-state index in [1.165, 1.54) is 18.2 Å². The van der Waals surface area contributed by atoms with Gasteiger partial charge >= 0.3 is 0 Å². The summed E-state index contributed by atoms with van der Waals surface area (Å²) >= 11 is 6.41. The number of amides is 1. The molecule has 3 aromatic carbocycles. The van der Waals surface area contributed by atoms with Crippen LogP contribution in [0.5, 0.6) is 11.5 Å². The first-order valence-corrected chi connectivity index (χ1v) is 9.69. The number of nitrogens with one attached hydrogen (secondary N) is 1. The Morgan fingerprint density at radius 1 is 0.966 bits per heavy atom. The molecule has 3 rings (SSSR count). The van der Waals surface area contributed by atoms with Crippen molar-refractivity contribution >= 4 is 23.2 Å². The van der Waals surface area contributed by atoms with Gasteiger partial charge in [-0.25, -0.2) is 0 Å². The Labute approximate surface area is 176 Å². The molecule has 0 unspecified atom stereocenters. The number of hydrogen-bond acceptors (Lipinski definition) is 3. The van der Waals surface area contributed by atoms with Gasteiger partial charge in [0.15, 0.2) is 11.5 Å². The minimum atomic E-state index is -0.265. The fraction of sp³-hybridized carbons (Fsp3) is 0.208. The van der Waals surface area contributed by atoms with Gasteiger partial charge in [-0.05, 0) is 61.7 Å². The van der Waals surface area contributed by atoms with Gasteiger partial charge in [-0.2, -0.15) is 0 Å². The van der Waals surface area contributed by atoms with Crippen molar-refractivity contribution in [2.45, 2.75) is 27.4 Å². The molecule has 1 amide bonds. The number of ether oxygens (including phenoxy) is 2. The van der Waals surface area contributed by atoms with Crippen LogP contribution in [0.25, 0.3) is 0 Å². The number of rotatable bonds is 6. The van der Waals surface area contributed by atoms with Gasteiger partial charge in [-0.3, -0.25) is 4.79 Å². The molecule has 3 aromatic rings. The monoisotopic (exact) mass is 409 g/mol. The Kier molecular flexibility index (Phi) is 6.45. The summed E-state index contributed by atoms with van der Waals surface area (Å²) in [6.07, 6.45) is 0. The van der Waals surface area contributed by atoms with Crippen molar-refractivity contribution in [3.63, 3.8) is 0 Å². The summed E-state index contributed by atoms with van der Waals surface area (Å²) in [5.74, 6) is 0.561. The molecule has 150 valence electrons. The van der Waals surface area contributed by atoms with Crippen LogP contribution >= 0.6 is 11.6 Å². The molecule has 5 heteroatoms. The molecular formula is C24H24ClNO3. The van der Waals surface area contributed by atoms with Gasteiger partial charge in [0, 0.05) is 11.3 Å². The topological polar surface area (TPSA) is 47.6 Å². The third-order valence-electron chi connectivity index (χ3n) is 4.76. The summed E-state index contributed by atoms with van der Waals surface area (Å²) in [4.78, 5) is 12.7. The normalized spacial score (nSPS) is 10.5. The highest BCUT2D eigenvalue weighted by atomic mass is 35.5.